The van der Waals surface area contributed by atoms with E-state index in [9.17, 15) is 0 Å². The predicted octanol–water partition coefficient (Wildman–Crippen LogP) is 0.688. The molecule has 0 spiro atoms. The largest absolute Gasteiger partial charge is 0.309 e. The molecule has 2 unspecified atom stereocenters. The van der Waals surface area contributed by atoms with Crippen molar-refractivity contribution in [2.45, 2.75) is 31.8 Å². The Morgan fingerprint density at radius 3 is 2.50 bits per heavy atom. The van der Waals surface area contributed by atoms with Crippen molar-refractivity contribution >= 4 is 0 Å². The smallest absolute Gasteiger partial charge is 0.0198 e. The third-order valence-electron chi connectivity index (χ3n) is 2.74. The van der Waals surface area contributed by atoms with Crippen LogP contribution in [0.2, 0.25) is 0 Å². The molecule has 2 saturated heterocycles. The van der Waals surface area contributed by atoms with Gasteiger partial charge >= 0.3 is 0 Å². The summed E-state index contributed by atoms with van der Waals surface area (Å²) in [6.07, 6.45) is 2.81. The second-order valence-corrected chi connectivity index (χ2v) is 3.49. The second-order valence-electron chi connectivity index (χ2n) is 3.49. The Balaban J connectivity index is 0.000000605. The van der Waals surface area contributed by atoms with Gasteiger partial charge in [-0.15, -0.1) is 0 Å². The van der Waals surface area contributed by atoms with Gasteiger partial charge in [0.25, 0.3) is 0 Å². The zero-order chi connectivity index (χ0) is 6.97. The van der Waals surface area contributed by atoms with E-state index < -0.39 is 0 Å². The number of likely N-dealkylation sites (N-methyl/N-ethyl adjacent to an activating group) is 1. The molecule has 2 aliphatic heterocycles. The molecule has 2 heteroatoms. The van der Waals surface area contributed by atoms with Gasteiger partial charge in [-0.3, -0.25) is 0 Å². The first kappa shape index (κ1) is 6.62. The van der Waals surface area contributed by atoms with Crippen LogP contribution < -0.4 is 5.32 Å². The predicted molar refractivity (Wildman–Crippen MR) is 44.2 cm³/mol. The summed E-state index contributed by atoms with van der Waals surface area (Å²) in [5.74, 6) is 0. The van der Waals surface area contributed by atoms with Crippen LogP contribution in [0.4, 0.5) is 0 Å². The third kappa shape index (κ3) is 1.06. The monoisotopic (exact) mass is 142 g/mol. The normalized spacial score (nSPS) is 40.5. The lowest BCUT2D eigenvalue weighted by Crippen LogP contribution is -2.50. The molecule has 2 atom stereocenters. The maximum atomic E-state index is 3.61. The first-order valence-corrected chi connectivity index (χ1v) is 4.37. The third-order valence-corrected chi connectivity index (χ3v) is 2.74. The molecule has 2 fully saturated rings. The van der Waals surface area contributed by atoms with E-state index in [-0.39, 0.29) is 1.43 Å². The van der Waals surface area contributed by atoms with Gasteiger partial charge < -0.3 is 10.2 Å². The van der Waals surface area contributed by atoms with Gasteiger partial charge in [0.1, 0.15) is 0 Å². The standard InChI is InChI=1S/C8H16N2.H2/c1-2-10-5-7-3-4-8(6-10)9-7;/h7-9H,2-6H2,1H3;1H. The van der Waals surface area contributed by atoms with Gasteiger partial charge in [-0.1, -0.05) is 6.92 Å². The summed E-state index contributed by atoms with van der Waals surface area (Å²) in [5, 5.41) is 3.61. The Morgan fingerprint density at radius 2 is 2.00 bits per heavy atom. The molecule has 2 nitrogen and oxygen atoms in total. The van der Waals surface area contributed by atoms with Crippen LogP contribution in [0.3, 0.4) is 0 Å². The van der Waals surface area contributed by atoms with E-state index >= 15 is 0 Å². The maximum Gasteiger partial charge on any atom is 0.0198 e. The van der Waals surface area contributed by atoms with E-state index in [0.29, 0.717) is 0 Å². The van der Waals surface area contributed by atoms with Crippen LogP contribution in [0.25, 0.3) is 0 Å². The topological polar surface area (TPSA) is 15.3 Å². The molecule has 1 N–H and O–H groups in total. The second kappa shape index (κ2) is 2.51. The Morgan fingerprint density at radius 1 is 1.40 bits per heavy atom. The van der Waals surface area contributed by atoms with Gasteiger partial charge in [0.15, 0.2) is 0 Å². The van der Waals surface area contributed by atoms with E-state index in [1.54, 1.807) is 0 Å². The number of hydrogen-bond donors (Lipinski definition) is 1. The van der Waals surface area contributed by atoms with Crippen LogP contribution in [-0.4, -0.2) is 36.6 Å². The van der Waals surface area contributed by atoms with Gasteiger partial charge in [-0.25, -0.2) is 0 Å². The van der Waals surface area contributed by atoms with Gasteiger partial charge in [0.2, 0.25) is 0 Å². The van der Waals surface area contributed by atoms with E-state index in [1.165, 1.54) is 32.5 Å². The molecule has 0 aromatic heterocycles. The number of nitrogens with zero attached hydrogens (tertiary/aromatic N) is 1. The lowest BCUT2D eigenvalue weighted by molar-refractivity contribution is 0.205. The van der Waals surface area contributed by atoms with Gasteiger partial charge in [-0.05, 0) is 19.4 Å². The van der Waals surface area contributed by atoms with Crippen molar-refractivity contribution in [1.29, 1.82) is 0 Å². The highest BCUT2D eigenvalue weighted by atomic mass is 15.2. The van der Waals surface area contributed by atoms with Crippen LogP contribution in [0.1, 0.15) is 21.2 Å². The Labute approximate surface area is 64.1 Å². The molecule has 2 bridgehead atoms. The minimum atomic E-state index is 0. The highest BCUT2D eigenvalue weighted by Crippen LogP contribution is 2.19. The summed E-state index contributed by atoms with van der Waals surface area (Å²) in [7, 11) is 0. The molecule has 0 aliphatic carbocycles. The number of fused-ring (bicyclic) bond motifs is 2. The van der Waals surface area contributed by atoms with Crippen LogP contribution >= 0.6 is 0 Å². The van der Waals surface area contributed by atoms with Crippen LogP contribution in [0.15, 0.2) is 0 Å². The lowest BCUT2D eigenvalue weighted by atomic mass is 10.2. The zero-order valence-electron chi connectivity index (χ0n) is 6.64. The fourth-order valence-electron chi connectivity index (χ4n) is 2.15. The molecule has 0 aromatic rings. The average molecular weight is 142 g/mol. The summed E-state index contributed by atoms with van der Waals surface area (Å²) >= 11 is 0. The molecule has 0 saturated carbocycles. The highest BCUT2D eigenvalue weighted by Gasteiger charge is 2.30. The van der Waals surface area contributed by atoms with Crippen LogP contribution in [-0.2, 0) is 0 Å². The molecular weight excluding hydrogens is 124 g/mol. The van der Waals surface area contributed by atoms with Gasteiger partial charge in [-0.2, -0.15) is 0 Å². The van der Waals surface area contributed by atoms with Crippen molar-refractivity contribution in [3.05, 3.63) is 0 Å². The van der Waals surface area contributed by atoms with Crippen molar-refractivity contribution in [2.75, 3.05) is 19.6 Å². The molecule has 10 heavy (non-hydrogen) atoms. The minimum Gasteiger partial charge on any atom is -0.309 e. The van der Waals surface area contributed by atoms with E-state index in [0.717, 1.165) is 12.1 Å². The number of hydrogen-bond acceptors (Lipinski definition) is 2. The first-order valence-electron chi connectivity index (χ1n) is 4.37. The SMILES string of the molecule is CCN1CC2CCC(C1)N2.[HH]. The average Bonchev–Trinajstić information content (AvgIpc) is 2.30. The lowest BCUT2D eigenvalue weighted by Gasteiger charge is -2.31. The number of nitrogens with one attached hydrogen (secondary N) is 1. The zero-order valence-corrected chi connectivity index (χ0v) is 6.64. The van der Waals surface area contributed by atoms with E-state index in [4.69, 9.17) is 0 Å². The van der Waals surface area contributed by atoms with Gasteiger partial charge in [0, 0.05) is 26.6 Å². The van der Waals surface area contributed by atoms with Crippen molar-refractivity contribution in [3.63, 3.8) is 0 Å². The Bertz CT molecular complexity index is 117. The van der Waals surface area contributed by atoms with E-state index in [2.05, 4.69) is 17.1 Å². The van der Waals surface area contributed by atoms with Crippen molar-refractivity contribution in [3.8, 4) is 0 Å². The molecule has 60 valence electrons. The maximum absolute atomic E-state index is 3.61. The molecular formula is C8H18N2. The molecule has 0 amide bonds. The molecule has 0 radical (unpaired) electrons. The Kier molecular flexibility index (Phi) is 1.66. The number of piperazine rings is 1. The summed E-state index contributed by atoms with van der Waals surface area (Å²) in [6, 6.07) is 1.64. The molecule has 0 aromatic carbocycles. The summed E-state index contributed by atoms with van der Waals surface area (Å²) in [6.45, 7) is 6.06. The van der Waals surface area contributed by atoms with Crippen LogP contribution in [0.5, 0.6) is 0 Å². The highest BCUT2D eigenvalue weighted by molar-refractivity contribution is 4.92. The van der Waals surface area contributed by atoms with Gasteiger partial charge in [0.05, 0.1) is 0 Å². The van der Waals surface area contributed by atoms with Crippen molar-refractivity contribution in [1.82, 2.24) is 10.2 Å². The quantitative estimate of drug-likeness (QED) is 0.579. The first-order chi connectivity index (χ1) is 4.88. The molecule has 2 heterocycles. The summed E-state index contributed by atoms with van der Waals surface area (Å²) in [5.41, 5.74) is 0. The molecule has 2 aliphatic rings. The summed E-state index contributed by atoms with van der Waals surface area (Å²) < 4.78 is 0. The fourth-order valence-corrected chi connectivity index (χ4v) is 2.15. The Hall–Kier alpha value is -0.0800. The number of likely N-dealkylation sites (tertiary alicyclic amines) is 1. The molecule has 2 rings (SSSR count). The van der Waals surface area contributed by atoms with Crippen molar-refractivity contribution in [2.24, 2.45) is 0 Å². The number of rotatable bonds is 1. The van der Waals surface area contributed by atoms with E-state index in [1.807, 2.05) is 0 Å². The minimum absolute atomic E-state index is 0. The van der Waals surface area contributed by atoms with Crippen molar-refractivity contribution < 1.29 is 1.43 Å². The van der Waals surface area contributed by atoms with Crippen LogP contribution in [0, 0.1) is 0 Å². The fraction of sp³-hybridized carbons (Fsp3) is 1.00. The summed E-state index contributed by atoms with van der Waals surface area (Å²) in [4.78, 5) is 2.55.